The number of aromatic nitrogens is 1. The van der Waals surface area contributed by atoms with Crippen molar-refractivity contribution in [3.8, 4) is 17.2 Å². The first kappa shape index (κ1) is 28.9. The molecular weight excluding hydrogens is 560 g/mol. The van der Waals surface area contributed by atoms with Gasteiger partial charge >= 0.3 is 11.7 Å². The Hall–Kier alpha value is -5.05. The van der Waals surface area contributed by atoms with E-state index >= 15 is 0 Å². The molecule has 15 heteroatoms. The number of methoxy groups -OCH3 is 1. The van der Waals surface area contributed by atoms with E-state index in [4.69, 9.17) is 14.2 Å². The molecule has 0 unspecified atom stereocenters. The van der Waals surface area contributed by atoms with Gasteiger partial charge in [-0.2, -0.15) is 0 Å². The second-order valence-electron chi connectivity index (χ2n) is 8.56. The number of nitro groups is 2. The van der Waals surface area contributed by atoms with Crippen LogP contribution in [0.25, 0.3) is 6.08 Å². The first-order valence-corrected chi connectivity index (χ1v) is 13.0. The molecule has 0 saturated carbocycles. The Balaban J connectivity index is 2.01. The predicted molar refractivity (Wildman–Crippen MR) is 146 cm³/mol. The number of benzene rings is 2. The summed E-state index contributed by atoms with van der Waals surface area (Å²) in [6, 6.07) is 5.47. The van der Waals surface area contributed by atoms with Gasteiger partial charge in [-0.15, -0.1) is 0 Å². The van der Waals surface area contributed by atoms with E-state index in [-0.39, 0.29) is 27.1 Å². The second-order valence-corrected chi connectivity index (χ2v) is 9.57. The molecule has 3 aromatic rings. The summed E-state index contributed by atoms with van der Waals surface area (Å²) in [6.45, 7) is 5.42. The van der Waals surface area contributed by atoms with Crippen molar-refractivity contribution in [1.82, 2.24) is 4.57 Å². The van der Waals surface area contributed by atoms with E-state index in [0.29, 0.717) is 35.4 Å². The Labute approximate surface area is 235 Å². The molecule has 4 rings (SSSR count). The number of hydrogen-bond donors (Lipinski definition) is 1. The van der Waals surface area contributed by atoms with E-state index in [0.717, 1.165) is 23.5 Å². The van der Waals surface area contributed by atoms with Crippen LogP contribution in [0.5, 0.6) is 17.2 Å². The molecule has 0 fully saturated rings. The summed E-state index contributed by atoms with van der Waals surface area (Å²) in [5.74, 6) is -0.720. The average Bonchev–Trinajstić information content (AvgIpc) is 3.22. The lowest BCUT2D eigenvalue weighted by Crippen LogP contribution is -2.40. The molecule has 0 bridgehead atoms. The molecule has 41 heavy (non-hydrogen) atoms. The number of fused-ring (bicyclic) bond motifs is 1. The molecular formula is C26H24N4O10S. The SMILES string of the molecule is CCOC(=O)C1=C(C)N=c2s/c(=C\c3cc([N+](=O)[O-])cc([N+](=O)[O-])c3O)c(=O)n2[C@@H]1c1ccc(OC)c(OCC)c1. The smallest absolute Gasteiger partial charge is 0.338 e. The number of ether oxygens (including phenoxy) is 3. The average molecular weight is 585 g/mol. The lowest BCUT2D eigenvalue weighted by Gasteiger charge is -2.25. The van der Waals surface area contributed by atoms with Crippen LogP contribution < -0.4 is 24.4 Å². The lowest BCUT2D eigenvalue weighted by atomic mass is 9.95. The van der Waals surface area contributed by atoms with Gasteiger partial charge in [-0.3, -0.25) is 29.6 Å². The van der Waals surface area contributed by atoms with Gasteiger partial charge in [-0.05, 0) is 44.5 Å². The van der Waals surface area contributed by atoms with Crippen molar-refractivity contribution in [2.45, 2.75) is 26.8 Å². The van der Waals surface area contributed by atoms with E-state index in [1.165, 1.54) is 11.7 Å². The number of nitro benzene ring substituents is 2. The summed E-state index contributed by atoms with van der Waals surface area (Å²) in [6.07, 6.45) is 1.11. The molecule has 0 amide bonds. The normalized spacial score (nSPS) is 14.7. The van der Waals surface area contributed by atoms with Crippen LogP contribution in [0.3, 0.4) is 0 Å². The van der Waals surface area contributed by atoms with Gasteiger partial charge in [-0.25, -0.2) is 9.79 Å². The molecule has 1 N–H and O–H groups in total. The first-order chi connectivity index (χ1) is 19.5. The predicted octanol–water partition coefficient (Wildman–Crippen LogP) is 2.73. The zero-order valence-corrected chi connectivity index (χ0v) is 23.1. The number of phenols is 1. The number of esters is 1. The molecule has 1 atom stereocenters. The number of hydrogen-bond acceptors (Lipinski definition) is 12. The Bertz CT molecular complexity index is 1790. The number of thiazole rings is 1. The number of aromatic hydroxyl groups is 1. The molecule has 0 saturated heterocycles. The van der Waals surface area contributed by atoms with Crippen molar-refractivity contribution < 1.29 is 34.0 Å². The molecule has 1 aliphatic heterocycles. The highest BCUT2D eigenvalue weighted by Crippen LogP contribution is 2.37. The van der Waals surface area contributed by atoms with Crippen LogP contribution in [0.1, 0.15) is 37.9 Å². The van der Waals surface area contributed by atoms with Crippen molar-refractivity contribution >= 4 is 34.8 Å². The van der Waals surface area contributed by atoms with Crippen molar-refractivity contribution in [3.63, 3.8) is 0 Å². The summed E-state index contributed by atoms with van der Waals surface area (Å²) in [5, 5.41) is 33.2. The highest BCUT2D eigenvalue weighted by molar-refractivity contribution is 7.07. The standard InChI is InChI=1S/C26H24N4O10S/c1-5-39-19-10-14(7-8-18(19)38-4)22-21(25(33)40-6-2)13(3)27-26-28(22)24(32)20(41-26)11-15-9-16(29(34)35)12-17(23(15)31)30(36)37/h7-12,22,31H,5-6H2,1-4H3/b20-11-/t22-/m1/s1. The van der Waals surface area contributed by atoms with E-state index in [2.05, 4.69) is 4.99 Å². The minimum Gasteiger partial charge on any atom is -0.502 e. The van der Waals surface area contributed by atoms with Gasteiger partial charge in [0.05, 0.1) is 58.1 Å². The first-order valence-electron chi connectivity index (χ1n) is 12.2. The molecule has 1 aliphatic rings. The maximum absolute atomic E-state index is 13.8. The number of rotatable bonds is 9. The quantitative estimate of drug-likeness (QED) is 0.223. The molecule has 2 heterocycles. The van der Waals surface area contributed by atoms with Gasteiger partial charge in [0.25, 0.3) is 11.2 Å². The second kappa shape index (κ2) is 11.6. The van der Waals surface area contributed by atoms with Gasteiger partial charge in [0.2, 0.25) is 5.75 Å². The fourth-order valence-electron chi connectivity index (χ4n) is 4.36. The Morgan fingerprint density at radius 2 is 1.88 bits per heavy atom. The van der Waals surface area contributed by atoms with Gasteiger partial charge in [-0.1, -0.05) is 17.4 Å². The number of non-ortho nitro benzene ring substituents is 1. The summed E-state index contributed by atoms with van der Waals surface area (Å²) >= 11 is 0.881. The summed E-state index contributed by atoms with van der Waals surface area (Å²) < 4.78 is 17.6. The van der Waals surface area contributed by atoms with E-state index in [1.54, 1.807) is 39.0 Å². The number of phenolic OH excluding ortho intramolecular Hbond substituents is 1. The third-order valence-electron chi connectivity index (χ3n) is 6.12. The molecule has 2 aromatic carbocycles. The van der Waals surface area contributed by atoms with Crippen molar-refractivity contribution in [2.24, 2.45) is 4.99 Å². The van der Waals surface area contributed by atoms with Gasteiger partial charge in [0.1, 0.15) is 0 Å². The summed E-state index contributed by atoms with van der Waals surface area (Å²) in [4.78, 5) is 52.5. The number of carbonyl (C=O) groups excluding carboxylic acids is 1. The Morgan fingerprint density at radius 1 is 1.15 bits per heavy atom. The third kappa shape index (κ3) is 5.38. The van der Waals surface area contributed by atoms with Gasteiger partial charge in [0, 0.05) is 11.6 Å². The molecule has 0 spiro atoms. The van der Waals surface area contributed by atoms with Crippen LogP contribution in [0.4, 0.5) is 11.4 Å². The maximum atomic E-state index is 13.8. The topological polar surface area (TPSA) is 186 Å². The van der Waals surface area contributed by atoms with Crippen LogP contribution in [-0.4, -0.2) is 45.8 Å². The maximum Gasteiger partial charge on any atom is 0.338 e. The largest absolute Gasteiger partial charge is 0.502 e. The van der Waals surface area contributed by atoms with E-state index in [1.807, 2.05) is 0 Å². The lowest BCUT2D eigenvalue weighted by molar-refractivity contribution is -0.394. The molecule has 0 radical (unpaired) electrons. The van der Waals surface area contributed by atoms with E-state index in [9.17, 15) is 34.9 Å². The molecule has 1 aromatic heterocycles. The fraction of sp³-hybridized carbons (Fsp3) is 0.269. The fourth-order valence-corrected chi connectivity index (χ4v) is 5.40. The Kier molecular flexibility index (Phi) is 8.18. The zero-order valence-electron chi connectivity index (χ0n) is 22.3. The van der Waals surface area contributed by atoms with Gasteiger partial charge < -0.3 is 19.3 Å². The monoisotopic (exact) mass is 584 g/mol. The van der Waals surface area contributed by atoms with Crippen LogP contribution >= 0.6 is 11.3 Å². The van der Waals surface area contributed by atoms with E-state index < -0.39 is 44.5 Å². The Morgan fingerprint density at radius 3 is 2.49 bits per heavy atom. The number of nitrogens with zero attached hydrogens (tertiary/aromatic N) is 4. The van der Waals surface area contributed by atoms with Crippen molar-refractivity contribution in [1.29, 1.82) is 0 Å². The summed E-state index contributed by atoms with van der Waals surface area (Å²) in [7, 11) is 1.47. The zero-order chi connectivity index (χ0) is 30.0. The van der Waals surface area contributed by atoms with Gasteiger partial charge in [0.15, 0.2) is 16.3 Å². The molecule has 214 valence electrons. The highest BCUT2D eigenvalue weighted by Gasteiger charge is 2.34. The van der Waals surface area contributed by atoms with Crippen molar-refractivity contribution in [3.05, 3.63) is 92.6 Å². The highest BCUT2D eigenvalue weighted by atomic mass is 32.1. The number of allylic oxidation sites excluding steroid dienone is 1. The van der Waals surface area contributed by atoms with Crippen LogP contribution in [0.15, 0.2) is 51.4 Å². The summed E-state index contributed by atoms with van der Waals surface area (Å²) in [5.41, 5.74) is -1.62. The number of carbonyl (C=O) groups is 1. The minimum absolute atomic E-state index is 0.0460. The van der Waals surface area contributed by atoms with Crippen LogP contribution in [0.2, 0.25) is 0 Å². The van der Waals surface area contributed by atoms with Crippen molar-refractivity contribution in [2.75, 3.05) is 20.3 Å². The van der Waals surface area contributed by atoms with Crippen LogP contribution in [0, 0.1) is 20.2 Å². The third-order valence-corrected chi connectivity index (χ3v) is 7.10. The minimum atomic E-state index is -1.01. The molecule has 0 aliphatic carbocycles. The van der Waals surface area contributed by atoms with Crippen LogP contribution in [-0.2, 0) is 9.53 Å². The molecule has 14 nitrogen and oxygen atoms in total.